The van der Waals surface area contributed by atoms with Gasteiger partial charge in [0.05, 0.1) is 0 Å². The maximum absolute atomic E-state index is 5.71. The number of hydrogen-bond acceptors (Lipinski definition) is 4. The highest BCUT2D eigenvalue weighted by Crippen LogP contribution is 2.24. The van der Waals surface area contributed by atoms with Crippen LogP contribution in [0.25, 0.3) is 0 Å². The summed E-state index contributed by atoms with van der Waals surface area (Å²) in [6.07, 6.45) is 3.26. The summed E-state index contributed by atoms with van der Waals surface area (Å²) in [6, 6.07) is 8.45. The molecule has 0 saturated heterocycles. The van der Waals surface area contributed by atoms with Crippen LogP contribution in [0.5, 0.6) is 0 Å². The first kappa shape index (κ1) is 11.0. The van der Waals surface area contributed by atoms with Crippen LogP contribution in [0.3, 0.4) is 0 Å². The molecule has 2 rings (SSSR count). The highest BCUT2D eigenvalue weighted by molar-refractivity contribution is 7.98. The average molecular weight is 231 g/mol. The van der Waals surface area contributed by atoms with Crippen molar-refractivity contribution in [3.8, 4) is 0 Å². The minimum absolute atomic E-state index is 0.500. The fourth-order valence-electron chi connectivity index (χ4n) is 1.28. The van der Waals surface area contributed by atoms with Gasteiger partial charge in [-0.25, -0.2) is 9.97 Å². The smallest absolute Gasteiger partial charge is 0.156 e. The summed E-state index contributed by atoms with van der Waals surface area (Å²) < 4.78 is 0. The summed E-state index contributed by atoms with van der Waals surface area (Å²) in [5, 5.41) is 0.795. The monoisotopic (exact) mass is 231 g/mol. The van der Waals surface area contributed by atoms with E-state index in [4.69, 9.17) is 5.73 Å². The second-order valence-electron chi connectivity index (χ2n) is 3.52. The molecule has 4 heteroatoms. The number of thioether (sulfide) groups is 1. The minimum atomic E-state index is 0.500. The SMILES string of the molecule is Cc1ccc(CSc2nccnc2N)cc1. The lowest BCUT2D eigenvalue weighted by atomic mass is 10.2. The quantitative estimate of drug-likeness (QED) is 0.825. The molecule has 16 heavy (non-hydrogen) atoms. The van der Waals surface area contributed by atoms with Crippen molar-refractivity contribution in [1.82, 2.24) is 9.97 Å². The van der Waals surface area contributed by atoms with Crippen LogP contribution in [-0.2, 0) is 5.75 Å². The first-order valence-corrected chi connectivity index (χ1v) is 5.99. The third-order valence-corrected chi connectivity index (χ3v) is 3.25. The molecule has 1 aromatic carbocycles. The number of nitrogens with zero attached hydrogens (tertiary/aromatic N) is 2. The fraction of sp³-hybridized carbons (Fsp3) is 0.167. The number of nitrogen functional groups attached to an aromatic ring is 1. The molecule has 0 aliphatic heterocycles. The van der Waals surface area contributed by atoms with Crippen molar-refractivity contribution >= 4 is 17.6 Å². The number of nitrogens with two attached hydrogens (primary N) is 1. The highest BCUT2D eigenvalue weighted by atomic mass is 32.2. The van der Waals surface area contributed by atoms with Gasteiger partial charge in [0, 0.05) is 18.1 Å². The van der Waals surface area contributed by atoms with Crippen molar-refractivity contribution in [3.63, 3.8) is 0 Å². The molecule has 0 atom stereocenters. The lowest BCUT2D eigenvalue weighted by Crippen LogP contribution is -1.94. The van der Waals surface area contributed by atoms with Crippen LogP contribution >= 0.6 is 11.8 Å². The first-order chi connectivity index (χ1) is 7.75. The Hall–Kier alpha value is -1.55. The lowest BCUT2D eigenvalue weighted by molar-refractivity contribution is 1.07. The molecular weight excluding hydrogens is 218 g/mol. The van der Waals surface area contributed by atoms with Gasteiger partial charge in [0.25, 0.3) is 0 Å². The highest BCUT2D eigenvalue weighted by Gasteiger charge is 2.02. The molecule has 0 fully saturated rings. The zero-order chi connectivity index (χ0) is 11.4. The van der Waals surface area contributed by atoms with Gasteiger partial charge in [0.2, 0.25) is 0 Å². The van der Waals surface area contributed by atoms with Crippen molar-refractivity contribution in [2.75, 3.05) is 5.73 Å². The second-order valence-corrected chi connectivity index (χ2v) is 4.49. The molecule has 0 unspecified atom stereocenters. The average Bonchev–Trinajstić information content (AvgIpc) is 2.30. The van der Waals surface area contributed by atoms with Crippen molar-refractivity contribution in [1.29, 1.82) is 0 Å². The van der Waals surface area contributed by atoms with Crippen LogP contribution in [-0.4, -0.2) is 9.97 Å². The summed E-state index contributed by atoms with van der Waals surface area (Å²) in [4.78, 5) is 8.19. The fourth-order valence-corrected chi connectivity index (χ4v) is 2.12. The molecule has 0 bridgehead atoms. The van der Waals surface area contributed by atoms with Gasteiger partial charge in [0.15, 0.2) is 5.82 Å². The number of benzene rings is 1. The van der Waals surface area contributed by atoms with Crippen molar-refractivity contribution in [2.45, 2.75) is 17.7 Å². The van der Waals surface area contributed by atoms with Crippen LogP contribution in [0, 0.1) is 6.92 Å². The molecule has 0 radical (unpaired) electrons. The van der Waals surface area contributed by atoms with Gasteiger partial charge in [-0.05, 0) is 12.5 Å². The summed E-state index contributed by atoms with van der Waals surface area (Å²) in [5.74, 6) is 1.36. The Morgan fingerprint density at radius 3 is 2.50 bits per heavy atom. The first-order valence-electron chi connectivity index (χ1n) is 5.00. The molecule has 1 heterocycles. The van der Waals surface area contributed by atoms with E-state index in [0.29, 0.717) is 5.82 Å². The molecule has 0 spiro atoms. The largest absolute Gasteiger partial charge is 0.381 e. The summed E-state index contributed by atoms with van der Waals surface area (Å²) in [7, 11) is 0. The van der Waals surface area contributed by atoms with Crippen LogP contribution in [0.2, 0.25) is 0 Å². The van der Waals surface area contributed by atoms with Gasteiger partial charge >= 0.3 is 0 Å². The molecule has 0 aliphatic rings. The van der Waals surface area contributed by atoms with Crippen molar-refractivity contribution in [3.05, 3.63) is 47.8 Å². The molecule has 2 aromatic rings. The number of aromatic nitrogens is 2. The predicted octanol–water partition coefficient (Wildman–Crippen LogP) is 2.66. The van der Waals surface area contributed by atoms with E-state index < -0.39 is 0 Å². The van der Waals surface area contributed by atoms with E-state index in [1.165, 1.54) is 11.1 Å². The number of hydrogen-bond donors (Lipinski definition) is 1. The Morgan fingerprint density at radius 2 is 1.81 bits per heavy atom. The van der Waals surface area contributed by atoms with E-state index in [2.05, 4.69) is 41.2 Å². The predicted molar refractivity (Wildman–Crippen MR) is 67.2 cm³/mol. The van der Waals surface area contributed by atoms with E-state index in [1.807, 2.05) is 0 Å². The van der Waals surface area contributed by atoms with Crippen LogP contribution in [0.4, 0.5) is 5.82 Å². The number of anilines is 1. The standard InChI is InChI=1S/C12H13N3S/c1-9-2-4-10(5-3-9)8-16-12-11(13)14-6-7-15-12/h2-7H,8H2,1H3,(H2,13,14). The van der Waals surface area contributed by atoms with E-state index >= 15 is 0 Å². The maximum Gasteiger partial charge on any atom is 0.156 e. The van der Waals surface area contributed by atoms with Gasteiger partial charge in [-0.1, -0.05) is 41.6 Å². The molecule has 3 nitrogen and oxygen atoms in total. The maximum atomic E-state index is 5.71. The molecule has 0 saturated carbocycles. The molecular formula is C12H13N3S. The molecule has 2 N–H and O–H groups in total. The van der Waals surface area contributed by atoms with Crippen molar-refractivity contribution in [2.24, 2.45) is 0 Å². The topological polar surface area (TPSA) is 51.8 Å². The number of rotatable bonds is 3. The van der Waals surface area contributed by atoms with Gasteiger partial charge in [-0.2, -0.15) is 0 Å². The summed E-state index contributed by atoms with van der Waals surface area (Å²) >= 11 is 1.61. The van der Waals surface area contributed by atoms with Crippen LogP contribution < -0.4 is 5.73 Å². The normalized spacial score (nSPS) is 10.3. The third-order valence-electron chi connectivity index (χ3n) is 2.19. The Balaban J connectivity index is 2.02. The lowest BCUT2D eigenvalue weighted by Gasteiger charge is -2.03. The second kappa shape index (κ2) is 4.99. The summed E-state index contributed by atoms with van der Waals surface area (Å²) in [5.41, 5.74) is 8.25. The van der Waals surface area contributed by atoms with E-state index in [1.54, 1.807) is 24.2 Å². The minimum Gasteiger partial charge on any atom is -0.381 e. The molecule has 82 valence electrons. The zero-order valence-electron chi connectivity index (χ0n) is 9.05. The van der Waals surface area contributed by atoms with Gasteiger partial charge in [-0.15, -0.1) is 0 Å². The van der Waals surface area contributed by atoms with Gasteiger partial charge < -0.3 is 5.73 Å². The molecule has 0 aliphatic carbocycles. The Bertz CT molecular complexity index is 468. The molecule has 0 amide bonds. The van der Waals surface area contributed by atoms with Crippen LogP contribution in [0.15, 0.2) is 41.7 Å². The molecule has 1 aromatic heterocycles. The number of aryl methyl sites for hydroxylation is 1. The zero-order valence-corrected chi connectivity index (χ0v) is 9.87. The Kier molecular flexibility index (Phi) is 3.41. The van der Waals surface area contributed by atoms with E-state index in [0.717, 1.165) is 10.8 Å². The van der Waals surface area contributed by atoms with Crippen LogP contribution in [0.1, 0.15) is 11.1 Å². The van der Waals surface area contributed by atoms with Gasteiger partial charge in [-0.3, -0.25) is 0 Å². The third kappa shape index (κ3) is 2.73. The summed E-state index contributed by atoms with van der Waals surface area (Å²) in [6.45, 7) is 2.08. The Morgan fingerprint density at radius 1 is 1.12 bits per heavy atom. The van der Waals surface area contributed by atoms with E-state index in [-0.39, 0.29) is 0 Å². The van der Waals surface area contributed by atoms with Crippen molar-refractivity contribution < 1.29 is 0 Å². The van der Waals surface area contributed by atoms with E-state index in [9.17, 15) is 0 Å². The Labute approximate surface area is 99.1 Å². The van der Waals surface area contributed by atoms with Gasteiger partial charge in [0.1, 0.15) is 5.03 Å².